The van der Waals surface area contributed by atoms with E-state index in [9.17, 15) is 0 Å². The summed E-state index contributed by atoms with van der Waals surface area (Å²) in [5.41, 5.74) is 1.47. The van der Waals surface area contributed by atoms with Crippen LogP contribution in [0.3, 0.4) is 0 Å². The molecule has 15 heavy (non-hydrogen) atoms. The van der Waals surface area contributed by atoms with E-state index in [1.54, 1.807) is 0 Å². The summed E-state index contributed by atoms with van der Waals surface area (Å²) in [5, 5.41) is 0. The fourth-order valence-corrected chi connectivity index (χ4v) is 4.18. The molecular formula is C11H13BrINS. The molecule has 0 amide bonds. The molecule has 1 aliphatic carbocycles. The zero-order chi connectivity index (χ0) is 10.9. The summed E-state index contributed by atoms with van der Waals surface area (Å²) in [6.07, 6.45) is 3.51. The van der Waals surface area contributed by atoms with Crippen molar-refractivity contribution in [3.05, 3.63) is 34.3 Å². The largest absolute Gasteiger partial charge is 0.260 e. The van der Waals surface area contributed by atoms with Crippen molar-refractivity contribution in [3.8, 4) is 0 Å². The summed E-state index contributed by atoms with van der Waals surface area (Å²) in [4.78, 5) is 0. The van der Waals surface area contributed by atoms with Gasteiger partial charge in [0.2, 0.25) is 0 Å². The Morgan fingerprint density at radius 2 is 2.20 bits per heavy atom. The predicted octanol–water partition coefficient (Wildman–Crippen LogP) is 3.98. The molecule has 0 aromatic heterocycles. The molecule has 1 N–H and O–H groups in total. The third-order valence-electron chi connectivity index (χ3n) is 3.07. The van der Waals surface area contributed by atoms with Crippen LogP contribution in [0.2, 0.25) is 0 Å². The van der Waals surface area contributed by atoms with Crippen molar-refractivity contribution in [1.82, 2.24) is 3.53 Å². The van der Waals surface area contributed by atoms with Gasteiger partial charge in [-0.25, -0.2) is 0 Å². The summed E-state index contributed by atoms with van der Waals surface area (Å²) in [5.74, 6) is 0.725. The maximum Gasteiger partial charge on any atom is 0.0364 e. The fourth-order valence-electron chi connectivity index (χ4n) is 2.01. The highest BCUT2D eigenvalue weighted by molar-refractivity contribution is 14.1. The quantitative estimate of drug-likeness (QED) is 0.609. The Labute approximate surface area is 117 Å². The Bertz CT molecular complexity index is 343. The molecule has 0 bridgehead atoms. The summed E-state index contributed by atoms with van der Waals surface area (Å²) in [6, 6.07) is 8.74. The van der Waals surface area contributed by atoms with Crippen molar-refractivity contribution in [2.45, 2.75) is 17.1 Å². The number of nitrogens with one attached hydrogen (secondary N) is 1. The number of halogens is 2. The summed E-state index contributed by atoms with van der Waals surface area (Å²) in [7, 11) is 0. The van der Waals surface area contributed by atoms with E-state index in [1.165, 1.54) is 12.0 Å². The first-order valence-electron chi connectivity index (χ1n) is 4.86. The molecule has 1 saturated carbocycles. The average Bonchev–Trinajstić information content (AvgIpc) is 2.95. The minimum Gasteiger partial charge on any atom is -0.260 e. The lowest BCUT2D eigenvalue weighted by atomic mass is 10.1. The number of thioether (sulfide) groups is 1. The fraction of sp³-hybridized carbons (Fsp3) is 0.455. The van der Waals surface area contributed by atoms with Gasteiger partial charge in [-0.2, -0.15) is 11.8 Å². The van der Waals surface area contributed by atoms with E-state index in [2.05, 4.69) is 72.8 Å². The van der Waals surface area contributed by atoms with Gasteiger partial charge in [-0.1, -0.05) is 28.1 Å². The lowest BCUT2D eigenvalue weighted by molar-refractivity contribution is 0.838. The van der Waals surface area contributed by atoms with E-state index in [1.807, 2.05) is 11.8 Å². The monoisotopic (exact) mass is 397 g/mol. The Morgan fingerprint density at radius 1 is 1.53 bits per heavy atom. The number of rotatable bonds is 4. The maximum absolute atomic E-state index is 3.47. The van der Waals surface area contributed by atoms with Crippen LogP contribution >= 0.6 is 50.6 Å². The summed E-state index contributed by atoms with van der Waals surface area (Å²) < 4.78 is 4.87. The topological polar surface area (TPSA) is 12.0 Å². The normalized spacial score (nSPS) is 29.1. The van der Waals surface area contributed by atoms with Gasteiger partial charge in [-0.3, -0.25) is 3.53 Å². The SMILES string of the molecule is CSC1(CNI)CC1c1ccc(Br)cc1. The van der Waals surface area contributed by atoms with Gasteiger partial charge < -0.3 is 0 Å². The van der Waals surface area contributed by atoms with E-state index in [-0.39, 0.29) is 0 Å². The van der Waals surface area contributed by atoms with Crippen LogP contribution in [0.4, 0.5) is 0 Å². The van der Waals surface area contributed by atoms with Gasteiger partial charge in [-0.15, -0.1) is 0 Å². The van der Waals surface area contributed by atoms with E-state index >= 15 is 0 Å². The molecule has 1 aromatic rings. The standard InChI is InChI=1S/C11H13BrINS/c1-15-11(7-14-13)6-10(11)8-2-4-9(12)5-3-8/h2-5,10,14H,6-7H2,1H3. The van der Waals surface area contributed by atoms with Gasteiger partial charge in [-0.05, 0) is 30.4 Å². The van der Waals surface area contributed by atoms with Gasteiger partial charge in [0.25, 0.3) is 0 Å². The summed E-state index contributed by atoms with van der Waals surface area (Å²) >= 11 is 7.70. The first-order chi connectivity index (χ1) is 7.22. The zero-order valence-corrected chi connectivity index (χ0v) is 13.0. The van der Waals surface area contributed by atoms with Crippen LogP contribution in [0, 0.1) is 0 Å². The average molecular weight is 398 g/mol. The van der Waals surface area contributed by atoms with E-state index in [4.69, 9.17) is 0 Å². The van der Waals surface area contributed by atoms with Crippen LogP contribution in [0.15, 0.2) is 28.7 Å². The molecule has 2 rings (SSSR count). The van der Waals surface area contributed by atoms with Crippen LogP contribution in [0.1, 0.15) is 17.9 Å². The Kier molecular flexibility index (Phi) is 4.02. The highest BCUT2D eigenvalue weighted by atomic mass is 127. The van der Waals surface area contributed by atoms with Gasteiger partial charge in [0.05, 0.1) is 0 Å². The smallest absolute Gasteiger partial charge is 0.0364 e. The van der Waals surface area contributed by atoms with Crippen molar-refractivity contribution in [2.75, 3.05) is 12.8 Å². The lowest BCUT2D eigenvalue weighted by Crippen LogP contribution is -2.20. The summed E-state index contributed by atoms with van der Waals surface area (Å²) in [6.45, 7) is 1.09. The van der Waals surface area contributed by atoms with Crippen LogP contribution < -0.4 is 3.53 Å². The van der Waals surface area contributed by atoms with Gasteiger partial charge in [0, 0.05) is 44.5 Å². The third kappa shape index (κ3) is 2.53. The molecule has 0 radical (unpaired) electrons. The minimum atomic E-state index is 0.440. The van der Waals surface area contributed by atoms with Crippen molar-refractivity contribution < 1.29 is 0 Å². The minimum absolute atomic E-state index is 0.440. The molecule has 4 heteroatoms. The van der Waals surface area contributed by atoms with Crippen LogP contribution in [0.5, 0.6) is 0 Å². The van der Waals surface area contributed by atoms with Crippen LogP contribution in [-0.2, 0) is 0 Å². The predicted molar refractivity (Wildman–Crippen MR) is 79.8 cm³/mol. The highest BCUT2D eigenvalue weighted by Crippen LogP contribution is 2.59. The molecule has 2 unspecified atom stereocenters. The Hall–Kier alpha value is 0.740. The third-order valence-corrected chi connectivity index (χ3v) is 5.39. The van der Waals surface area contributed by atoms with Gasteiger partial charge in [0.1, 0.15) is 0 Å². The lowest BCUT2D eigenvalue weighted by Gasteiger charge is -2.13. The first kappa shape index (κ1) is 12.2. The van der Waals surface area contributed by atoms with Crippen LogP contribution in [0.25, 0.3) is 0 Å². The molecule has 0 spiro atoms. The highest BCUT2D eigenvalue weighted by Gasteiger charge is 2.53. The van der Waals surface area contributed by atoms with Crippen LogP contribution in [-0.4, -0.2) is 17.5 Å². The molecule has 2 atom stereocenters. The second-order valence-electron chi connectivity index (χ2n) is 3.89. The van der Waals surface area contributed by atoms with Crippen molar-refractivity contribution in [1.29, 1.82) is 0 Å². The molecular weight excluding hydrogens is 385 g/mol. The van der Waals surface area contributed by atoms with E-state index < -0.39 is 0 Å². The van der Waals surface area contributed by atoms with Crippen molar-refractivity contribution in [2.24, 2.45) is 0 Å². The molecule has 1 nitrogen and oxygen atoms in total. The number of benzene rings is 1. The molecule has 0 aliphatic heterocycles. The molecule has 0 heterocycles. The van der Waals surface area contributed by atoms with Gasteiger partial charge >= 0.3 is 0 Å². The maximum atomic E-state index is 3.47. The molecule has 0 saturated heterocycles. The van der Waals surface area contributed by atoms with Crippen molar-refractivity contribution in [3.63, 3.8) is 0 Å². The van der Waals surface area contributed by atoms with E-state index in [0.29, 0.717) is 4.75 Å². The Balaban J connectivity index is 2.11. The molecule has 1 aliphatic rings. The number of hydrogen-bond acceptors (Lipinski definition) is 2. The first-order valence-corrected chi connectivity index (χ1v) is 7.95. The molecule has 1 aromatic carbocycles. The van der Waals surface area contributed by atoms with Crippen molar-refractivity contribution >= 4 is 50.6 Å². The molecule has 1 fully saturated rings. The Morgan fingerprint density at radius 3 is 2.73 bits per heavy atom. The molecule has 82 valence electrons. The van der Waals surface area contributed by atoms with E-state index in [0.717, 1.165) is 16.9 Å². The second kappa shape index (κ2) is 4.94. The zero-order valence-electron chi connectivity index (χ0n) is 8.47. The van der Waals surface area contributed by atoms with Gasteiger partial charge in [0.15, 0.2) is 0 Å². The second-order valence-corrected chi connectivity index (χ2v) is 6.79. The number of hydrogen-bond donors (Lipinski definition) is 1.